The van der Waals surface area contributed by atoms with E-state index in [4.69, 9.17) is 10.00 Å². The van der Waals surface area contributed by atoms with Gasteiger partial charge in [0.25, 0.3) is 11.8 Å². The number of piperazine rings is 1. The lowest BCUT2D eigenvalue weighted by Crippen LogP contribution is -3.15. The zero-order chi connectivity index (χ0) is 21.3. The molecule has 7 nitrogen and oxygen atoms in total. The zero-order valence-electron chi connectivity index (χ0n) is 17.2. The Balaban J connectivity index is 1.41. The molecule has 2 amide bonds. The number of nitriles is 1. The lowest BCUT2D eigenvalue weighted by Gasteiger charge is -2.31. The Hall–Kier alpha value is -3.37. The monoisotopic (exact) mass is 407 g/mol. The second-order valence-electron chi connectivity index (χ2n) is 7.29. The van der Waals surface area contributed by atoms with Gasteiger partial charge in [-0.25, -0.2) is 0 Å². The molecule has 1 heterocycles. The van der Waals surface area contributed by atoms with Gasteiger partial charge in [-0.05, 0) is 42.3 Å². The molecule has 156 valence electrons. The van der Waals surface area contributed by atoms with Gasteiger partial charge in [0.1, 0.15) is 5.75 Å². The van der Waals surface area contributed by atoms with Gasteiger partial charge < -0.3 is 19.9 Å². The summed E-state index contributed by atoms with van der Waals surface area (Å²) in [5.41, 5.74) is 2.55. The topological polar surface area (TPSA) is 86.9 Å². The first kappa shape index (κ1) is 21.3. The normalized spacial score (nSPS) is 14.1. The largest absolute Gasteiger partial charge is 0.484 e. The first-order chi connectivity index (χ1) is 14.6. The molecule has 0 saturated carbocycles. The van der Waals surface area contributed by atoms with Crippen molar-refractivity contribution >= 4 is 17.5 Å². The second kappa shape index (κ2) is 10.4. The summed E-state index contributed by atoms with van der Waals surface area (Å²) in [4.78, 5) is 27.8. The van der Waals surface area contributed by atoms with E-state index in [2.05, 4.69) is 12.2 Å². The van der Waals surface area contributed by atoms with Crippen molar-refractivity contribution in [1.82, 2.24) is 4.90 Å². The van der Waals surface area contributed by atoms with E-state index in [1.165, 1.54) is 4.90 Å². The maximum Gasteiger partial charge on any atom is 0.279 e. The molecule has 0 aliphatic carbocycles. The molecule has 1 saturated heterocycles. The van der Waals surface area contributed by atoms with Crippen LogP contribution in [-0.4, -0.2) is 56.0 Å². The maximum atomic E-state index is 12.4. The summed E-state index contributed by atoms with van der Waals surface area (Å²) in [7, 11) is 0. The summed E-state index contributed by atoms with van der Waals surface area (Å²) >= 11 is 0. The number of quaternary nitrogens is 1. The highest BCUT2D eigenvalue weighted by Crippen LogP contribution is 2.15. The SMILES string of the molecule is CCc1ccccc1NC(=O)C[NH+]1CCN(C(=O)COc2ccc(C#N)cc2)CC1. The number of nitrogens with one attached hydrogen (secondary N) is 2. The molecule has 0 spiro atoms. The number of nitrogens with zero attached hydrogens (tertiary/aromatic N) is 2. The summed E-state index contributed by atoms with van der Waals surface area (Å²) in [5.74, 6) is 0.491. The summed E-state index contributed by atoms with van der Waals surface area (Å²) in [6.07, 6.45) is 0.870. The van der Waals surface area contributed by atoms with E-state index in [1.807, 2.05) is 30.3 Å². The predicted octanol–water partition coefficient (Wildman–Crippen LogP) is 0.865. The minimum atomic E-state index is -0.0697. The Morgan fingerprint density at radius 2 is 1.83 bits per heavy atom. The van der Waals surface area contributed by atoms with Gasteiger partial charge >= 0.3 is 0 Å². The Morgan fingerprint density at radius 3 is 2.50 bits per heavy atom. The first-order valence-electron chi connectivity index (χ1n) is 10.2. The molecule has 2 aromatic rings. The highest BCUT2D eigenvalue weighted by molar-refractivity contribution is 5.92. The van der Waals surface area contributed by atoms with Crippen LogP contribution in [-0.2, 0) is 16.0 Å². The molecule has 0 unspecified atom stereocenters. The van der Waals surface area contributed by atoms with E-state index in [0.717, 1.165) is 30.8 Å². The molecular weight excluding hydrogens is 380 g/mol. The van der Waals surface area contributed by atoms with Crippen molar-refractivity contribution in [3.8, 4) is 11.8 Å². The number of rotatable bonds is 7. The molecule has 0 atom stereocenters. The summed E-state index contributed by atoms with van der Waals surface area (Å²) in [6, 6.07) is 16.6. The molecule has 1 fully saturated rings. The van der Waals surface area contributed by atoms with Gasteiger partial charge in [-0.2, -0.15) is 5.26 Å². The van der Waals surface area contributed by atoms with Crippen LogP contribution in [0, 0.1) is 11.3 Å². The Kier molecular flexibility index (Phi) is 7.41. The summed E-state index contributed by atoms with van der Waals surface area (Å²) < 4.78 is 5.53. The number of aryl methyl sites for hydroxylation is 1. The van der Waals surface area contributed by atoms with E-state index in [0.29, 0.717) is 30.9 Å². The number of carbonyl (C=O) groups excluding carboxylic acids is 2. The Bertz CT molecular complexity index is 913. The number of amides is 2. The van der Waals surface area contributed by atoms with Gasteiger partial charge in [0.2, 0.25) is 0 Å². The smallest absolute Gasteiger partial charge is 0.279 e. The van der Waals surface area contributed by atoms with Crippen LogP contribution in [0.2, 0.25) is 0 Å². The number of ether oxygens (including phenoxy) is 1. The van der Waals surface area contributed by atoms with Gasteiger partial charge in [-0.3, -0.25) is 9.59 Å². The van der Waals surface area contributed by atoms with Crippen LogP contribution in [0.25, 0.3) is 0 Å². The number of para-hydroxylation sites is 1. The average Bonchev–Trinajstić information content (AvgIpc) is 2.78. The van der Waals surface area contributed by atoms with Crippen molar-refractivity contribution in [3.63, 3.8) is 0 Å². The first-order valence-corrected chi connectivity index (χ1v) is 10.2. The van der Waals surface area contributed by atoms with Crippen molar-refractivity contribution in [3.05, 3.63) is 59.7 Å². The summed E-state index contributed by atoms with van der Waals surface area (Å²) in [6.45, 7) is 5.08. The second-order valence-corrected chi connectivity index (χ2v) is 7.29. The third-order valence-electron chi connectivity index (χ3n) is 5.25. The van der Waals surface area contributed by atoms with E-state index >= 15 is 0 Å². The van der Waals surface area contributed by atoms with Crippen molar-refractivity contribution < 1.29 is 19.2 Å². The standard InChI is InChI=1S/C23H26N4O3/c1-2-19-5-3-4-6-21(19)25-22(28)16-26-11-13-27(14-12-26)23(29)17-30-20-9-7-18(15-24)8-10-20/h3-10H,2,11-14,16-17H2,1H3,(H,25,28)/p+1. The lowest BCUT2D eigenvalue weighted by molar-refractivity contribution is -0.895. The van der Waals surface area contributed by atoms with E-state index in [1.54, 1.807) is 29.2 Å². The van der Waals surface area contributed by atoms with E-state index < -0.39 is 0 Å². The highest BCUT2D eigenvalue weighted by Gasteiger charge is 2.25. The van der Waals surface area contributed by atoms with Gasteiger partial charge in [-0.15, -0.1) is 0 Å². The molecule has 30 heavy (non-hydrogen) atoms. The third kappa shape index (κ3) is 5.82. The number of anilines is 1. The van der Waals surface area contributed by atoms with Crippen LogP contribution >= 0.6 is 0 Å². The molecule has 0 radical (unpaired) electrons. The lowest BCUT2D eigenvalue weighted by atomic mass is 10.1. The van der Waals surface area contributed by atoms with Crippen molar-refractivity contribution in [1.29, 1.82) is 5.26 Å². The predicted molar refractivity (Wildman–Crippen MR) is 113 cm³/mol. The highest BCUT2D eigenvalue weighted by atomic mass is 16.5. The zero-order valence-corrected chi connectivity index (χ0v) is 17.2. The molecule has 3 rings (SSSR count). The molecule has 2 aromatic carbocycles. The van der Waals surface area contributed by atoms with Gasteiger partial charge in [0.05, 0.1) is 37.8 Å². The molecule has 0 bridgehead atoms. The fourth-order valence-electron chi connectivity index (χ4n) is 3.48. The number of hydrogen-bond acceptors (Lipinski definition) is 4. The minimum absolute atomic E-state index is 0.00479. The van der Waals surface area contributed by atoms with Crippen LogP contribution in [0.5, 0.6) is 5.75 Å². The fraction of sp³-hybridized carbons (Fsp3) is 0.348. The maximum absolute atomic E-state index is 12.4. The molecule has 0 aromatic heterocycles. The molecule has 2 N–H and O–H groups in total. The van der Waals surface area contributed by atoms with Crippen molar-refractivity contribution in [2.75, 3.05) is 44.6 Å². The van der Waals surface area contributed by atoms with Crippen molar-refractivity contribution in [2.45, 2.75) is 13.3 Å². The molecule has 1 aliphatic rings. The minimum Gasteiger partial charge on any atom is -0.484 e. The van der Waals surface area contributed by atoms with Crippen LogP contribution in [0.15, 0.2) is 48.5 Å². The molecule has 1 aliphatic heterocycles. The van der Waals surface area contributed by atoms with Gasteiger partial charge in [0.15, 0.2) is 13.2 Å². The fourth-order valence-corrected chi connectivity index (χ4v) is 3.48. The quantitative estimate of drug-likeness (QED) is 0.713. The van der Waals surface area contributed by atoms with Crippen LogP contribution < -0.4 is 15.0 Å². The van der Waals surface area contributed by atoms with E-state index in [-0.39, 0.29) is 18.4 Å². The van der Waals surface area contributed by atoms with Gasteiger partial charge in [-0.1, -0.05) is 25.1 Å². The van der Waals surface area contributed by atoms with Crippen LogP contribution in [0.4, 0.5) is 5.69 Å². The third-order valence-corrected chi connectivity index (χ3v) is 5.25. The number of carbonyl (C=O) groups is 2. The number of hydrogen-bond donors (Lipinski definition) is 2. The van der Waals surface area contributed by atoms with Crippen LogP contribution in [0.3, 0.4) is 0 Å². The van der Waals surface area contributed by atoms with Gasteiger partial charge in [0, 0.05) is 5.69 Å². The summed E-state index contributed by atoms with van der Waals surface area (Å²) in [5, 5.41) is 11.8. The van der Waals surface area contributed by atoms with Crippen LogP contribution in [0.1, 0.15) is 18.1 Å². The molecule has 7 heteroatoms. The Morgan fingerprint density at radius 1 is 1.13 bits per heavy atom. The Labute approximate surface area is 176 Å². The molecular formula is C23H27N4O3+. The number of benzene rings is 2. The van der Waals surface area contributed by atoms with E-state index in [9.17, 15) is 9.59 Å². The average molecular weight is 407 g/mol. The van der Waals surface area contributed by atoms with Crippen molar-refractivity contribution in [2.24, 2.45) is 0 Å².